The van der Waals surface area contributed by atoms with Gasteiger partial charge >= 0.3 is 6.09 Å². The minimum Gasteiger partial charge on any atom is -0.410 e. The van der Waals surface area contributed by atoms with E-state index in [-0.39, 0.29) is 5.91 Å². The van der Waals surface area contributed by atoms with Crippen LogP contribution in [0, 0.1) is 0 Å². The van der Waals surface area contributed by atoms with Crippen molar-refractivity contribution in [3.05, 3.63) is 59.1 Å². The molecular weight excluding hydrogens is 356 g/mol. The molecule has 136 valence electrons. The van der Waals surface area contributed by atoms with Crippen LogP contribution in [0.2, 0.25) is 5.02 Å². The number of hydrogen-bond acceptors (Lipinski definition) is 4. The number of halogens is 1. The fourth-order valence-corrected chi connectivity index (χ4v) is 2.72. The number of nitrogens with one attached hydrogen (secondary N) is 1. The molecule has 0 atom stereocenters. The number of anilines is 1. The van der Waals surface area contributed by atoms with E-state index in [2.05, 4.69) is 5.32 Å². The summed E-state index contributed by atoms with van der Waals surface area (Å²) in [6, 6.07) is 13.3. The normalized spacial score (nSPS) is 14.4. The van der Waals surface area contributed by atoms with Gasteiger partial charge in [-0.1, -0.05) is 17.7 Å². The van der Waals surface area contributed by atoms with Gasteiger partial charge in [0.2, 0.25) is 0 Å². The third-order valence-corrected chi connectivity index (χ3v) is 4.12. The van der Waals surface area contributed by atoms with E-state index in [4.69, 9.17) is 21.1 Å². The van der Waals surface area contributed by atoms with Gasteiger partial charge in [-0.2, -0.15) is 0 Å². The van der Waals surface area contributed by atoms with Crippen LogP contribution in [-0.2, 0) is 4.74 Å². The summed E-state index contributed by atoms with van der Waals surface area (Å²) in [6.07, 6.45) is 0.398. The lowest BCUT2D eigenvalue weighted by atomic mass is 10.2. The molecule has 0 aliphatic carbocycles. The van der Waals surface area contributed by atoms with E-state index in [0.717, 1.165) is 6.42 Å². The third-order valence-electron chi connectivity index (χ3n) is 3.88. The Morgan fingerprint density at radius 2 is 1.88 bits per heavy atom. The number of carbonyl (C=O) groups excluding carboxylic acids is 2. The maximum Gasteiger partial charge on any atom is 0.415 e. The summed E-state index contributed by atoms with van der Waals surface area (Å²) in [5.41, 5.74) is 1.06. The Morgan fingerprint density at radius 3 is 2.65 bits per heavy atom. The molecule has 1 aliphatic heterocycles. The lowest BCUT2D eigenvalue weighted by Gasteiger charge is -2.18. The molecule has 26 heavy (non-hydrogen) atoms. The highest BCUT2D eigenvalue weighted by atomic mass is 35.5. The second kappa shape index (κ2) is 8.69. The van der Waals surface area contributed by atoms with Crippen molar-refractivity contribution in [1.29, 1.82) is 0 Å². The van der Waals surface area contributed by atoms with Gasteiger partial charge in [0.1, 0.15) is 5.75 Å². The minimum atomic E-state index is -0.397. The summed E-state index contributed by atoms with van der Waals surface area (Å²) in [4.78, 5) is 26.0. The zero-order valence-corrected chi connectivity index (χ0v) is 14.9. The molecule has 0 radical (unpaired) electrons. The van der Waals surface area contributed by atoms with Gasteiger partial charge in [0, 0.05) is 36.0 Å². The Kier molecular flexibility index (Phi) is 6.09. The highest BCUT2D eigenvalue weighted by molar-refractivity contribution is 6.31. The van der Waals surface area contributed by atoms with E-state index in [1.165, 1.54) is 0 Å². The van der Waals surface area contributed by atoms with Crippen molar-refractivity contribution < 1.29 is 19.1 Å². The highest BCUT2D eigenvalue weighted by Gasteiger charge is 2.17. The van der Waals surface area contributed by atoms with Crippen molar-refractivity contribution in [2.45, 2.75) is 6.42 Å². The molecule has 1 N–H and O–H groups in total. The third kappa shape index (κ3) is 4.97. The van der Waals surface area contributed by atoms with Crippen molar-refractivity contribution in [1.82, 2.24) is 4.90 Å². The van der Waals surface area contributed by atoms with Crippen LogP contribution >= 0.6 is 11.6 Å². The number of carbonyl (C=O) groups is 2. The molecule has 0 aromatic heterocycles. The van der Waals surface area contributed by atoms with E-state index in [1.54, 1.807) is 53.4 Å². The van der Waals surface area contributed by atoms with Crippen LogP contribution in [0.4, 0.5) is 10.5 Å². The van der Waals surface area contributed by atoms with Crippen molar-refractivity contribution in [3.8, 4) is 5.75 Å². The molecule has 0 bridgehead atoms. The molecule has 2 aromatic carbocycles. The van der Waals surface area contributed by atoms with Gasteiger partial charge in [-0.3, -0.25) is 4.79 Å². The number of benzene rings is 2. The summed E-state index contributed by atoms with van der Waals surface area (Å²) < 4.78 is 10.7. The molecular formula is C19H19ClN2O4. The number of hydrogen-bond donors (Lipinski definition) is 1. The van der Waals surface area contributed by atoms with Gasteiger partial charge in [-0.05, 0) is 48.9 Å². The monoisotopic (exact) mass is 374 g/mol. The highest BCUT2D eigenvalue weighted by Crippen LogP contribution is 2.18. The zero-order chi connectivity index (χ0) is 18.4. The summed E-state index contributed by atoms with van der Waals surface area (Å²) in [5.74, 6) is 0.155. The second-order valence-corrected chi connectivity index (χ2v) is 6.25. The van der Waals surface area contributed by atoms with Gasteiger partial charge in [0.25, 0.3) is 5.91 Å². The van der Waals surface area contributed by atoms with Crippen molar-refractivity contribution in [2.24, 2.45) is 0 Å². The standard InChI is InChI=1S/C19H19ClN2O4/c20-15-4-1-3-14(13-15)18(23)21-16-5-7-17(8-6-16)26-19(24)22-9-2-11-25-12-10-22/h1,3-8,13H,2,9-12H2,(H,21,23). The molecule has 2 aromatic rings. The first kappa shape index (κ1) is 18.2. The van der Waals surface area contributed by atoms with Crippen LogP contribution in [0.3, 0.4) is 0 Å². The Hall–Kier alpha value is -2.57. The fraction of sp³-hybridized carbons (Fsp3) is 0.263. The van der Waals surface area contributed by atoms with Crippen molar-refractivity contribution in [2.75, 3.05) is 31.6 Å². The van der Waals surface area contributed by atoms with Crippen LogP contribution in [0.1, 0.15) is 16.8 Å². The minimum absolute atomic E-state index is 0.262. The molecule has 6 nitrogen and oxygen atoms in total. The van der Waals surface area contributed by atoms with Crippen LogP contribution in [-0.4, -0.2) is 43.2 Å². The van der Waals surface area contributed by atoms with E-state index in [1.807, 2.05) is 0 Å². The smallest absolute Gasteiger partial charge is 0.410 e. The molecule has 0 spiro atoms. The van der Waals surface area contributed by atoms with Crippen LogP contribution in [0.25, 0.3) is 0 Å². The summed E-state index contributed by atoms with van der Waals surface area (Å²) in [5, 5.41) is 3.27. The number of ether oxygens (including phenoxy) is 2. The largest absolute Gasteiger partial charge is 0.415 e. The predicted molar refractivity (Wildman–Crippen MR) is 98.9 cm³/mol. The zero-order valence-electron chi connectivity index (χ0n) is 14.1. The van der Waals surface area contributed by atoms with E-state index < -0.39 is 6.09 Å². The van der Waals surface area contributed by atoms with E-state index in [9.17, 15) is 9.59 Å². The summed E-state index contributed by atoms with van der Waals surface area (Å²) in [6.45, 7) is 2.31. The van der Waals surface area contributed by atoms with Gasteiger partial charge in [-0.15, -0.1) is 0 Å². The number of amides is 2. The molecule has 2 amide bonds. The molecule has 7 heteroatoms. The first-order valence-electron chi connectivity index (χ1n) is 8.33. The summed E-state index contributed by atoms with van der Waals surface area (Å²) in [7, 11) is 0. The van der Waals surface area contributed by atoms with E-state index in [0.29, 0.717) is 48.3 Å². The van der Waals surface area contributed by atoms with Crippen molar-refractivity contribution in [3.63, 3.8) is 0 Å². The quantitative estimate of drug-likeness (QED) is 0.886. The van der Waals surface area contributed by atoms with Crippen LogP contribution in [0.5, 0.6) is 5.75 Å². The lowest BCUT2D eigenvalue weighted by Crippen LogP contribution is -2.35. The molecule has 1 fully saturated rings. The maximum absolute atomic E-state index is 12.2. The maximum atomic E-state index is 12.2. The number of rotatable bonds is 3. The van der Waals surface area contributed by atoms with Gasteiger partial charge < -0.3 is 19.7 Å². The predicted octanol–water partition coefficient (Wildman–Crippen LogP) is 3.81. The average Bonchev–Trinajstić information content (AvgIpc) is 2.93. The Morgan fingerprint density at radius 1 is 1.08 bits per heavy atom. The Bertz CT molecular complexity index is 771. The topological polar surface area (TPSA) is 67.9 Å². The van der Waals surface area contributed by atoms with Crippen molar-refractivity contribution >= 4 is 29.3 Å². The molecule has 3 rings (SSSR count). The second-order valence-electron chi connectivity index (χ2n) is 5.81. The SMILES string of the molecule is O=C(Nc1ccc(OC(=O)N2CCCOCC2)cc1)c1cccc(Cl)c1. The molecule has 1 saturated heterocycles. The Balaban J connectivity index is 1.57. The summed E-state index contributed by atoms with van der Waals surface area (Å²) >= 11 is 5.90. The number of nitrogens with zero attached hydrogens (tertiary/aromatic N) is 1. The van der Waals surface area contributed by atoms with E-state index >= 15 is 0 Å². The Labute approximate surface area is 156 Å². The van der Waals surface area contributed by atoms with Crippen LogP contribution < -0.4 is 10.1 Å². The average molecular weight is 375 g/mol. The first-order valence-corrected chi connectivity index (χ1v) is 8.71. The van der Waals surface area contributed by atoms with Crippen LogP contribution in [0.15, 0.2) is 48.5 Å². The molecule has 0 saturated carbocycles. The van der Waals surface area contributed by atoms with Gasteiger partial charge in [0.15, 0.2) is 0 Å². The van der Waals surface area contributed by atoms with Gasteiger partial charge in [0.05, 0.1) is 6.61 Å². The lowest BCUT2D eigenvalue weighted by molar-refractivity contribution is 0.102. The first-order chi connectivity index (χ1) is 12.6. The molecule has 0 unspecified atom stereocenters. The molecule has 1 heterocycles. The molecule has 1 aliphatic rings. The fourth-order valence-electron chi connectivity index (χ4n) is 2.53. The van der Waals surface area contributed by atoms with Gasteiger partial charge in [-0.25, -0.2) is 4.79 Å².